The van der Waals surface area contributed by atoms with Crippen molar-refractivity contribution in [1.29, 1.82) is 0 Å². The maximum absolute atomic E-state index is 12.2. The van der Waals surface area contributed by atoms with E-state index in [4.69, 9.17) is 9.72 Å². The lowest BCUT2D eigenvalue weighted by molar-refractivity contribution is -0.133. The first-order valence-corrected chi connectivity index (χ1v) is 10.0. The zero-order chi connectivity index (χ0) is 18.5. The van der Waals surface area contributed by atoms with Gasteiger partial charge in [0.25, 0.3) is 0 Å². The van der Waals surface area contributed by atoms with Crippen molar-refractivity contribution in [1.82, 2.24) is 14.8 Å². The summed E-state index contributed by atoms with van der Waals surface area (Å²) in [7, 11) is 1.67. The molecule has 0 atom stereocenters. The second-order valence-corrected chi connectivity index (χ2v) is 7.99. The molecule has 1 aromatic heterocycles. The molecule has 1 aliphatic heterocycles. The summed E-state index contributed by atoms with van der Waals surface area (Å²) in [5.41, 5.74) is 2.22. The largest absolute Gasteiger partial charge is 0.497 e. The number of amides is 1. The molecule has 2 aromatic rings. The van der Waals surface area contributed by atoms with E-state index in [1.165, 1.54) is 0 Å². The van der Waals surface area contributed by atoms with Crippen molar-refractivity contribution >= 4 is 17.2 Å². The van der Waals surface area contributed by atoms with Gasteiger partial charge in [0.1, 0.15) is 10.8 Å². The van der Waals surface area contributed by atoms with Crippen LogP contribution in [0.2, 0.25) is 0 Å². The molecule has 0 bridgehead atoms. The fourth-order valence-corrected chi connectivity index (χ4v) is 3.93. The molecule has 5 nitrogen and oxygen atoms in total. The fourth-order valence-electron chi connectivity index (χ4n) is 3.11. The monoisotopic (exact) mass is 373 g/mol. The van der Waals surface area contributed by atoms with Crippen molar-refractivity contribution in [2.24, 2.45) is 5.92 Å². The molecule has 0 saturated carbocycles. The fraction of sp³-hybridized carbons (Fsp3) is 0.500. The van der Waals surface area contributed by atoms with E-state index in [-0.39, 0.29) is 5.91 Å². The Kier molecular flexibility index (Phi) is 6.27. The van der Waals surface area contributed by atoms with Crippen LogP contribution in [0.4, 0.5) is 0 Å². The molecule has 0 aliphatic carbocycles. The van der Waals surface area contributed by atoms with Gasteiger partial charge in [0, 0.05) is 50.1 Å². The van der Waals surface area contributed by atoms with E-state index in [2.05, 4.69) is 24.1 Å². The minimum absolute atomic E-state index is 0.287. The molecular weight excluding hydrogens is 346 g/mol. The van der Waals surface area contributed by atoms with Crippen LogP contribution in [0.15, 0.2) is 29.6 Å². The average Bonchev–Trinajstić information content (AvgIpc) is 3.10. The van der Waals surface area contributed by atoms with Crippen LogP contribution in [0.5, 0.6) is 5.75 Å². The maximum Gasteiger partial charge on any atom is 0.222 e. The highest BCUT2D eigenvalue weighted by molar-refractivity contribution is 7.13. The number of hydrogen-bond acceptors (Lipinski definition) is 5. The number of hydrogen-bond donors (Lipinski definition) is 0. The molecule has 26 heavy (non-hydrogen) atoms. The summed E-state index contributed by atoms with van der Waals surface area (Å²) >= 11 is 1.67. The predicted molar refractivity (Wildman–Crippen MR) is 105 cm³/mol. The number of ether oxygens (including phenoxy) is 1. The standard InChI is InChI=1S/C20H27N3O2S/c1-15(2)12-19(24)23-10-8-22(9-11-23)13-17-14-26-20(21-17)16-4-6-18(25-3)7-5-16/h4-7,14-15H,8-13H2,1-3H3. The smallest absolute Gasteiger partial charge is 0.222 e. The van der Waals surface area contributed by atoms with Crippen LogP contribution in [-0.2, 0) is 11.3 Å². The molecule has 0 spiro atoms. The van der Waals surface area contributed by atoms with Crippen molar-refractivity contribution in [3.63, 3.8) is 0 Å². The van der Waals surface area contributed by atoms with Crippen LogP contribution in [-0.4, -0.2) is 54.0 Å². The maximum atomic E-state index is 12.2. The normalized spacial score (nSPS) is 15.5. The molecule has 1 fully saturated rings. The molecular formula is C20H27N3O2S. The van der Waals surface area contributed by atoms with Gasteiger partial charge in [-0.25, -0.2) is 4.98 Å². The minimum atomic E-state index is 0.287. The van der Waals surface area contributed by atoms with Crippen molar-refractivity contribution in [2.75, 3.05) is 33.3 Å². The number of piperazine rings is 1. The van der Waals surface area contributed by atoms with Gasteiger partial charge in [0.05, 0.1) is 12.8 Å². The van der Waals surface area contributed by atoms with Crippen molar-refractivity contribution < 1.29 is 9.53 Å². The lowest BCUT2D eigenvalue weighted by Crippen LogP contribution is -2.48. The lowest BCUT2D eigenvalue weighted by atomic mass is 10.1. The summed E-state index contributed by atoms with van der Waals surface area (Å²) < 4.78 is 5.21. The average molecular weight is 374 g/mol. The summed E-state index contributed by atoms with van der Waals surface area (Å²) in [4.78, 5) is 21.3. The molecule has 1 aromatic carbocycles. The number of aromatic nitrogens is 1. The topological polar surface area (TPSA) is 45.7 Å². The number of carbonyl (C=O) groups is 1. The highest BCUT2D eigenvalue weighted by atomic mass is 32.1. The Morgan fingerprint density at radius 3 is 2.50 bits per heavy atom. The number of nitrogens with zero attached hydrogens (tertiary/aromatic N) is 3. The zero-order valence-electron chi connectivity index (χ0n) is 15.8. The van der Waals surface area contributed by atoms with E-state index >= 15 is 0 Å². The van der Waals surface area contributed by atoms with Gasteiger partial charge in [-0.15, -0.1) is 11.3 Å². The Morgan fingerprint density at radius 2 is 1.88 bits per heavy atom. The van der Waals surface area contributed by atoms with Gasteiger partial charge in [0.15, 0.2) is 0 Å². The summed E-state index contributed by atoms with van der Waals surface area (Å²) in [5.74, 6) is 1.57. The van der Waals surface area contributed by atoms with E-state index in [1.54, 1.807) is 18.4 Å². The van der Waals surface area contributed by atoms with Crippen LogP contribution in [0.3, 0.4) is 0 Å². The summed E-state index contributed by atoms with van der Waals surface area (Å²) in [6.45, 7) is 8.51. The number of carbonyl (C=O) groups excluding carboxylic acids is 1. The third-order valence-electron chi connectivity index (χ3n) is 4.58. The molecule has 1 amide bonds. The molecule has 6 heteroatoms. The summed E-state index contributed by atoms with van der Waals surface area (Å²) in [6, 6.07) is 8.01. The first-order valence-electron chi connectivity index (χ1n) is 9.14. The quantitative estimate of drug-likeness (QED) is 0.777. The van der Waals surface area contributed by atoms with E-state index in [9.17, 15) is 4.79 Å². The third-order valence-corrected chi connectivity index (χ3v) is 5.52. The van der Waals surface area contributed by atoms with Crippen molar-refractivity contribution in [3.8, 4) is 16.3 Å². The third kappa shape index (κ3) is 4.83. The van der Waals surface area contributed by atoms with Crippen molar-refractivity contribution in [3.05, 3.63) is 35.3 Å². The van der Waals surface area contributed by atoms with Gasteiger partial charge in [-0.1, -0.05) is 13.8 Å². The van der Waals surface area contributed by atoms with Gasteiger partial charge in [0.2, 0.25) is 5.91 Å². The SMILES string of the molecule is COc1ccc(-c2nc(CN3CCN(C(=O)CC(C)C)CC3)cs2)cc1. The zero-order valence-corrected chi connectivity index (χ0v) is 16.6. The molecule has 3 rings (SSSR count). The molecule has 0 radical (unpaired) electrons. The number of methoxy groups -OCH3 is 1. The predicted octanol–water partition coefficient (Wildman–Crippen LogP) is 3.51. The summed E-state index contributed by atoms with van der Waals surface area (Å²) in [6.07, 6.45) is 0.650. The van der Waals surface area contributed by atoms with Gasteiger partial charge in [-0.3, -0.25) is 9.69 Å². The highest BCUT2D eigenvalue weighted by Gasteiger charge is 2.22. The molecule has 140 valence electrons. The van der Waals surface area contributed by atoms with Crippen LogP contribution in [0.25, 0.3) is 10.6 Å². The molecule has 0 N–H and O–H groups in total. The van der Waals surface area contributed by atoms with Gasteiger partial charge in [-0.05, 0) is 30.2 Å². The number of thiazole rings is 1. The minimum Gasteiger partial charge on any atom is -0.497 e. The lowest BCUT2D eigenvalue weighted by Gasteiger charge is -2.34. The van der Waals surface area contributed by atoms with E-state index in [0.29, 0.717) is 12.3 Å². The Balaban J connectivity index is 1.53. The Morgan fingerprint density at radius 1 is 1.19 bits per heavy atom. The van der Waals surface area contributed by atoms with Crippen LogP contribution < -0.4 is 4.74 Å². The molecule has 0 unspecified atom stereocenters. The van der Waals surface area contributed by atoms with E-state index < -0.39 is 0 Å². The van der Waals surface area contributed by atoms with Gasteiger partial charge >= 0.3 is 0 Å². The molecule has 2 heterocycles. The molecule has 1 aliphatic rings. The highest BCUT2D eigenvalue weighted by Crippen LogP contribution is 2.26. The summed E-state index contributed by atoms with van der Waals surface area (Å²) in [5, 5.41) is 3.17. The van der Waals surface area contributed by atoms with Crippen molar-refractivity contribution in [2.45, 2.75) is 26.8 Å². The van der Waals surface area contributed by atoms with Crippen LogP contribution in [0.1, 0.15) is 26.0 Å². The molecule has 1 saturated heterocycles. The number of rotatable bonds is 6. The van der Waals surface area contributed by atoms with E-state index in [1.807, 2.05) is 29.2 Å². The first-order chi connectivity index (χ1) is 12.5. The van der Waals surface area contributed by atoms with Crippen LogP contribution in [0, 0.1) is 5.92 Å². The Hall–Kier alpha value is -1.92. The van der Waals surface area contributed by atoms with Gasteiger partial charge in [-0.2, -0.15) is 0 Å². The Labute approximate surface area is 159 Å². The second-order valence-electron chi connectivity index (χ2n) is 7.13. The van der Waals surface area contributed by atoms with Gasteiger partial charge < -0.3 is 9.64 Å². The van der Waals surface area contributed by atoms with Crippen LogP contribution >= 0.6 is 11.3 Å². The first kappa shape index (κ1) is 18.9. The van der Waals surface area contributed by atoms with E-state index in [0.717, 1.165) is 54.7 Å². The number of benzene rings is 1. The Bertz CT molecular complexity index is 719. The second kappa shape index (κ2) is 8.64.